The first-order valence-corrected chi connectivity index (χ1v) is 7.21. The Morgan fingerprint density at radius 1 is 1.42 bits per heavy atom. The molecule has 2 rings (SSSR count). The number of nitrogen functional groups attached to an aromatic ring is 1. The Morgan fingerprint density at radius 3 is 2.84 bits per heavy atom. The lowest BCUT2D eigenvalue weighted by Gasteiger charge is -2.05. The van der Waals surface area contributed by atoms with E-state index in [9.17, 15) is 8.42 Å². The third kappa shape index (κ3) is 4.04. The Kier molecular flexibility index (Phi) is 3.82. The molecule has 102 valence electrons. The van der Waals surface area contributed by atoms with Crippen LogP contribution in [0.2, 0.25) is 0 Å². The van der Waals surface area contributed by atoms with Crippen LogP contribution in [0.15, 0.2) is 28.8 Å². The van der Waals surface area contributed by atoms with E-state index in [1.807, 2.05) is 0 Å². The van der Waals surface area contributed by atoms with Crippen molar-refractivity contribution in [1.29, 1.82) is 0 Å². The maximum Gasteiger partial charge on any atom is 0.223 e. The predicted octanol–water partition coefficient (Wildman–Crippen LogP) is 0.580. The van der Waals surface area contributed by atoms with Gasteiger partial charge in [0.2, 0.25) is 15.9 Å². The summed E-state index contributed by atoms with van der Waals surface area (Å²) in [6.45, 7) is 1.64. The highest BCUT2D eigenvalue weighted by Gasteiger charge is 2.13. The highest BCUT2D eigenvalue weighted by molar-refractivity contribution is 7.88. The van der Waals surface area contributed by atoms with Gasteiger partial charge < -0.3 is 10.3 Å². The van der Waals surface area contributed by atoms with Gasteiger partial charge in [0.1, 0.15) is 0 Å². The molecule has 0 aliphatic heterocycles. The van der Waals surface area contributed by atoms with E-state index in [1.54, 1.807) is 31.2 Å². The first-order valence-electron chi connectivity index (χ1n) is 5.55. The molecular formula is C11H14N4O3S. The van der Waals surface area contributed by atoms with Crippen LogP contribution in [0.5, 0.6) is 0 Å². The minimum absolute atomic E-state index is 0.00197. The minimum atomic E-state index is -3.47. The van der Waals surface area contributed by atoms with Gasteiger partial charge in [0, 0.05) is 12.6 Å². The Balaban J connectivity index is 1.99. The van der Waals surface area contributed by atoms with Crippen LogP contribution in [-0.4, -0.2) is 18.6 Å². The topological polar surface area (TPSA) is 111 Å². The summed E-state index contributed by atoms with van der Waals surface area (Å²) in [5.41, 5.74) is 6.75. The first kappa shape index (κ1) is 13.5. The Morgan fingerprint density at radius 2 is 2.21 bits per heavy atom. The number of benzene rings is 1. The molecule has 7 nitrogen and oxygen atoms in total. The zero-order valence-corrected chi connectivity index (χ0v) is 11.1. The van der Waals surface area contributed by atoms with Crippen LogP contribution in [0.4, 0.5) is 5.69 Å². The summed E-state index contributed by atoms with van der Waals surface area (Å²) >= 11 is 0. The molecule has 0 aliphatic rings. The number of rotatable bonds is 5. The number of nitrogens with one attached hydrogen (secondary N) is 1. The Hall–Kier alpha value is -1.93. The molecule has 2 aromatic rings. The van der Waals surface area contributed by atoms with E-state index in [1.165, 1.54) is 0 Å². The van der Waals surface area contributed by atoms with Gasteiger partial charge in [-0.2, -0.15) is 4.98 Å². The van der Waals surface area contributed by atoms with Gasteiger partial charge in [-0.05, 0) is 17.7 Å². The smallest absolute Gasteiger partial charge is 0.223 e. The SMILES string of the molecule is Cc1nc(CNS(=O)(=O)Cc2cccc(N)c2)no1. The second kappa shape index (κ2) is 5.37. The van der Waals surface area contributed by atoms with Gasteiger partial charge in [-0.15, -0.1) is 0 Å². The van der Waals surface area contributed by atoms with Crippen molar-refractivity contribution in [3.63, 3.8) is 0 Å². The van der Waals surface area contributed by atoms with Crippen molar-refractivity contribution in [2.75, 3.05) is 5.73 Å². The number of anilines is 1. The quantitative estimate of drug-likeness (QED) is 0.776. The van der Waals surface area contributed by atoms with Gasteiger partial charge in [0.25, 0.3) is 0 Å². The van der Waals surface area contributed by atoms with Crippen LogP contribution in [0.1, 0.15) is 17.3 Å². The molecule has 19 heavy (non-hydrogen) atoms. The molecule has 0 fully saturated rings. The van der Waals surface area contributed by atoms with E-state index in [0.717, 1.165) is 0 Å². The number of nitrogens with two attached hydrogens (primary N) is 1. The van der Waals surface area contributed by atoms with Crippen LogP contribution >= 0.6 is 0 Å². The fraction of sp³-hybridized carbons (Fsp3) is 0.273. The molecule has 0 saturated carbocycles. The van der Waals surface area contributed by atoms with Gasteiger partial charge in [0.05, 0.1) is 12.3 Å². The number of aromatic nitrogens is 2. The average Bonchev–Trinajstić information content (AvgIpc) is 2.72. The zero-order valence-electron chi connectivity index (χ0n) is 10.3. The van der Waals surface area contributed by atoms with E-state index in [-0.39, 0.29) is 12.3 Å². The molecular weight excluding hydrogens is 268 g/mol. The first-order chi connectivity index (χ1) is 8.94. The molecule has 0 spiro atoms. The summed E-state index contributed by atoms with van der Waals surface area (Å²) in [4.78, 5) is 3.91. The van der Waals surface area contributed by atoms with Crippen LogP contribution in [0.3, 0.4) is 0 Å². The standard InChI is InChI=1S/C11H14N4O3S/c1-8-14-11(15-18-8)6-13-19(16,17)7-9-3-2-4-10(12)5-9/h2-5,13H,6-7,12H2,1H3. The van der Waals surface area contributed by atoms with Crippen LogP contribution in [0.25, 0.3) is 0 Å². The highest BCUT2D eigenvalue weighted by Crippen LogP contribution is 2.10. The van der Waals surface area contributed by atoms with Crippen molar-refractivity contribution in [3.05, 3.63) is 41.5 Å². The molecule has 0 radical (unpaired) electrons. The van der Waals surface area contributed by atoms with E-state index in [0.29, 0.717) is 23.0 Å². The lowest BCUT2D eigenvalue weighted by Crippen LogP contribution is -2.25. The van der Waals surface area contributed by atoms with Gasteiger partial charge in [0.15, 0.2) is 5.82 Å². The molecule has 1 heterocycles. The third-order valence-corrected chi connectivity index (χ3v) is 3.63. The minimum Gasteiger partial charge on any atom is -0.399 e. The lowest BCUT2D eigenvalue weighted by atomic mass is 10.2. The van der Waals surface area contributed by atoms with Gasteiger partial charge in [-0.25, -0.2) is 13.1 Å². The van der Waals surface area contributed by atoms with E-state index in [4.69, 9.17) is 10.3 Å². The fourth-order valence-electron chi connectivity index (χ4n) is 1.54. The number of hydrogen-bond donors (Lipinski definition) is 2. The lowest BCUT2D eigenvalue weighted by molar-refractivity contribution is 0.387. The number of aryl methyl sites for hydroxylation is 1. The summed E-state index contributed by atoms with van der Waals surface area (Å²) in [5, 5.41) is 3.61. The molecule has 0 aliphatic carbocycles. The van der Waals surface area contributed by atoms with E-state index < -0.39 is 10.0 Å². The summed E-state index contributed by atoms with van der Waals surface area (Å²) in [7, 11) is -3.47. The maximum atomic E-state index is 11.9. The second-order valence-electron chi connectivity index (χ2n) is 4.05. The van der Waals surface area contributed by atoms with Gasteiger partial charge in [-0.1, -0.05) is 17.3 Å². The predicted molar refractivity (Wildman–Crippen MR) is 69.4 cm³/mol. The summed E-state index contributed by atoms with van der Waals surface area (Å²) < 4.78 is 30.9. The molecule has 0 saturated heterocycles. The fourth-order valence-corrected chi connectivity index (χ4v) is 2.61. The van der Waals surface area contributed by atoms with Crippen LogP contribution in [-0.2, 0) is 22.3 Å². The molecule has 1 aromatic heterocycles. The highest BCUT2D eigenvalue weighted by atomic mass is 32.2. The molecule has 1 aromatic carbocycles. The molecule has 0 unspecified atom stereocenters. The summed E-state index contributed by atoms with van der Waals surface area (Å²) in [6, 6.07) is 6.74. The monoisotopic (exact) mass is 282 g/mol. The van der Waals surface area contributed by atoms with Crippen molar-refractivity contribution in [2.24, 2.45) is 0 Å². The number of nitrogens with zero attached hydrogens (tertiary/aromatic N) is 2. The largest absolute Gasteiger partial charge is 0.399 e. The Labute approximate surface area is 110 Å². The van der Waals surface area contributed by atoms with E-state index >= 15 is 0 Å². The molecule has 0 atom stereocenters. The van der Waals surface area contributed by atoms with Crippen LogP contribution < -0.4 is 10.5 Å². The van der Waals surface area contributed by atoms with Crippen molar-refractivity contribution < 1.29 is 12.9 Å². The number of sulfonamides is 1. The zero-order chi connectivity index (χ0) is 13.9. The normalized spacial score (nSPS) is 11.6. The molecule has 8 heteroatoms. The van der Waals surface area contributed by atoms with Crippen LogP contribution in [0, 0.1) is 6.92 Å². The van der Waals surface area contributed by atoms with Gasteiger partial charge >= 0.3 is 0 Å². The third-order valence-electron chi connectivity index (χ3n) is 2.33. The maximum absolute atomic E-state index is 11.9. The van der Waals surface area contributed by atoms with Gasteiger partial charge in [-0.3, -0.25) is 0 Å². The van der Waals surface area contributed by atoms with Crippen molar-refractivity contribution in [1.82, 2.24) is 14.9 Å². The van der Waals surface area contributed by atoms with Crippen molar-refractivity contribution >= 4 is 15.7 Å². The summed E-state index contributed by atoms with van der Waals surface area (Å²) in [6.07, 6.45) is 0. The molecule has 0 amide bonds. The average molecular weight is 282 g/mol. The Bertz CT molecular complexity index is 666. The molecule has 3 N–H and O–H groups in total. The second-order valence-corrected chi connectivity index (χ2v) is 5.86. The summed E-state index contributed by atoms with van der Waals surface area (Å²) in [5.74, 6) is 0.549. The van der Waals surface area contributed by atoms with E-state index in [2.05, 4.69) is 14.9 Å². The number of hydrogen-bond acceptors (Lipinski definition) is 6. The van der Waals surface area contributed by atoms with Crippen molar-refractivity contribution in [3.8, 4) is 0 Å². The van der Waals surface area contributed by atoms with Crippen molar-refractivity contribution in [2.45, 2.75) is 19.2 Å². The molecule has 0 bridgehead atoms.